The van der Waals surface area contributed by atoms with Crippen molar-refractivity contribution < 1.29 is 9.53 Å². The van der Waals surface area contributed by atoms with Gasteiger partial charge in [0.05, 0.1) is 12.8 Å². The second kappa shape index (κ2) is 7.83. The van der Waals surface area contributed by atoms with Crippen LogP contribution in [0.15, 0.2) is 54.6 Å². The molecule has 0 fully saturated rings. The molecule has 26 heavy (non-hydrogen) atoms. The first-order valence-corrected chi connectivity index (χ1v) is 8.63. The van der Waals surface area contributed by atoms with Crippen molar-refractivity contribution in [3.8, 4) is 5.75 Å². The Morgan fingerprint density at radius 3 is 2.65 bits per heavy atom. The van der Waals surface area contributed by atoms with Gasteiger partial charge in [-0.3, -0.25) is 4.79 Å². The Bertz CT molecular complexity index is 960. The van der Waals surface area contributed by atoms with Crippen LogP contribution in [-0.4, -0.2) is 18.0 Å². The number of nitrogens with one attached hydrogen (secondary N) is 1. The molecule has 4 heteroatoms. The molecular formula is C22H22N2O2. The maximum atomic E-state index is 12.4. The van der Waals surface area contributed by atoms with Gasteiger partial charge in [0, 0.05) is 17.2 Å². The highest BCUT2D eigenvalue weighted by Crippen LogP contribution is 2.29. The summed E-state index contributed by atoms with van der Waals surface area (Å²) in [7, 11) is 1.61. The Labute approximate surface area is 153 Å². The number of anilines is 1. The zero-order valence-corrected chi connectivity index (χ0v) is 15.2. The molecule has 1 amide bonds. The van der Waals surface area contributed by atoms with Gasteiger partial charge in [0.25, 0.3) is 0 Å². The van der Waals surface area contributed by atoms with Crippen LogP contribution < -0.4 is 10.1 Å². The summed E-state index contributed by atoms with van der Waals surface area (Å²) in [4.78, 5) is 16.9. The van der Waals surface area contributed by atoms with E-state index in [2.05, 4.69) is 29.4 Å². The van der Waals surface area contributed by atoms with Crippen LogP contribution in [0.2, 0.25) is 0 Å². The third-order valence-corrected chi connectivity index (χ3v) is 4.22. The Hall–Kier alpha value is -3.14. The summed E-state index contributed by atoms with van der Waals surface area (Å²) in [6.45, 7) is 4.01. The van der Waals surface area contributed by atoms with Crippen LogP contribution in [0.4, 0.5) is 5.69 Å². The Kier molecular flexibility index (Phi) is 5.32. The minimum atomic E-state index is -0.181. The second-order valence-electron chi connectivity index (χ2n) is 6.09. The van der Waals surface area contributed by atoms with Crippen molar-refractivity contribution in [1.82, 2.24) is 4.98 Å². The summed E-state index contributed by atoms with van der Waals surface area (Å²) in [6.07, 6.45) is 4.36. The lowest BCUT2D eigenvalue weighted by Crippen LogP contribution is -2.09. The summed E-state index contributed by atoms with van der Waals surface area (Å²) in [6, 6.07) is 15.7. The van der Waals surface area contributed by atoms with Gasteiger partial charge in [0.15, 0.2) is 0 Å². The van der Waals surface area contributed by atoms with Gasteiger partial charge in [-0.25, -0.2) is 4.98 Å². The number of hydrogen-bond donors (Lipinski definition) is 1. The topological polar surface area (TPSA) is 51.2 Å². The lowest BCUT2D eigenvalue weighted by atomic mass is 10.1. The van der Waals surface area contributed by atoms with Gasteiger partial charge in [0.1, 0.15) is 11.3 Å². The van der Waals surface area contributed by atoms with E-state index in [4.69, 9.17) is 4.74 Å². The zero-order chi connectivity index (χ0) is 18.5. The van der Waals surface area contributed by atoms with Gasteiger partial charge in [-0.15, -0.1) is 0 Å². The molecule has 0 unspecified atom stereocenters. The van der Waals surface area contributed by atoms with Gasteiger partial charge in [-0.1, -0.05) is 43.3 Å². The number of pyridine rings is 1. The van der Waals surface area contributed by atoms with E-state index < -0.39 is 0 Å². The molecule has 2 aromatic carbocycles. The molecule has 4 nitrogen and oxygen atoms in total. The van der Waals surface area contributed by atoms with Crippen LogP contribution in [-0.2, 0) is 11.2 Å². The van der Waals surface area contributed by atoms with Crippen LogP contribution in [0.1, 0.15) is 23.7 Å². The van der Waals surface area contributed by atoms with Crippen molar-refractivity contribution in [3.63, 3.8) is 0 Å². The van der Waals surface area contributed by atoms with Crippen molar-refractivity contribution in [2.45, 2.75) is 20.3 Å². The van der Waals surface area contributed by atoms with Crippen LogP contribution in [0, 0.1) is 6.92 Å². The van der Waals surface area contributed by atoms with Crippen LogP contribution in [0.5, 0.6) is 5.75 Å². The van der Waals surface area contributed by atoms with Crippen molar-refractivity contribution in [2.75, 3.05) is 12.4 Å². The summed E-state index contributed by atoms with van der Waals surface area (Å²) >= 11 is 0. The van der Waals surface area contributed by atoms with E-state index in [0.717, 1.165) is 34.3 Å². The number of ether oxygens (including phenoxy) is 1. The summed E-state index contributed by atoms with van der Waals surface area (Å²) in [5, 5.41) is 3.80. The largest absolute Gasteiger partial charge is 0.494 e. The molecular weight excluding hydrogens is 324 g/mol. The number of benzene rings is 2. The SMILES string of the molecule is CCc1ccc(/C=C/C(=O)Nc2cc(C)nc3c(OC)cccc23)cc1. The van der Waals surface area contributed by atoms with Crippen LogP contribution in [0.25, 0.3) is 17.0 Å². The molecule has 132 valence electrons. The Balaban J connectivity index is 1.83. The third-order valence-electron chi connectivity index (χ3n) is 4.22. The highest BCUT2D eigenvalue weighted by Gasteiger charge is 2.09. The molecule has 3 rings (SSSR count). The van der Waals surface area contributed by atoms with Gasteiger partial charge < -0.3 is 10.1 Å². The average molecular weight is 346 g/mol. The highest BCUT2D eigenvalue weighted by molar-refractivity contribution is 6.07. The predicted octanol–water partition coefficient (Wildman–Crippen LogP) is 4.77. The average Bonchev–Trinajstić information content (AvgIpc) is 2.66. The highest BCUT2D eigenvalue weighted by atomic mass is 16.5. The van der Waals surface area contributed by atoms with E-state index >= 15 is 0 Å². The summed E-state index contributed by atoms with van der Waals surface area (Å²) < 4.78 is 5.38. The number of carbonyl (C=O) groups is 1. The van der Waals surface area contributed by atoms with Gasteiger partial charge in [-0.05, 0) is 42.7 Å². The van der Waals surface area contributed by atoms with E-state index in [0.29, 0.717) is 5.75 Å². The fraction of sp³-hybridized carbons (Fsp3) is 0.182. The molecule has 1 heterocycles. The number of aryl methyl sites for hydroxylation is 2. The molecule has 0 radical (unpaired) electrons. The zero-order valence-electron chi connectivity index (χ0n) is 15.2. The minimum absolute atomic E-state index is 0.181. The van der Waals surface area contributed by atoms with Crippen molar-refractivity contribution in [2.24, 2.45) is 0 Å². The number of rotatable bonds is 5. The van der Waals surface area contributed by atoms with E-state index in [1.165, 1.54) is 5.56 Å². The smallest absolute Gasteiger partial charge is 0.248 e. The standard InChI is InChI=1S/C22H22N2O2/c1-4-16-8-10-17(11-9-16)12-13-21(25)24-19-14-15(2)23-22-18(19)6-5-7-20(22)26-3/h5-14H,4H2,1-3H3,(H,23,24,25)/b13-12+. The number of fused-ring (bicyclic) bond motifs is 1. The van der Waals surface area contributed by atoms with Gasteiger partial charge in [-0.2, -0.15) is 0 Å². The number of amides is 1. The number of nitrogens with zero attached hydrogens (tertiary/aromatic N) is 1. The first-order chi connectivity index (χ1) is 12.6. The van der Waals surface area contributed by atoms with Crippen molar-refractivity contribution >= 4 is 28.6 Å². The molecule has 0 bridgehead atoms. The molecule has 0 spiro atoms. The number of aromatic nitrogens is 1. The van der Waals surface area contributed by atoms with Crippen LogP contribution in [0.3, 0.4) is 0 Å². The molecule has 0 atom stereocenters. The fourth-order valence-electron chi connectivity index (χ4n) is 2.83. The molecule has 0 aliphatic rings. The number of hydrogen-bond acceptors (Lipinski definition) is 3. The fourth-order valence-corrected chi connectivity index (χ4v) is 2.83. The number of methoxy groups -OCH3 is 1. The molecule has 0 saturated heterocycles. The van der Waals surface area contributed by atoms with Gasteiger partial charge in [0.2, 0.25) is 5.91 Å². The predicted molar refractivity (Wildman–Crippen MR) is 107 cm³/mol. The first kappa shape index (κ1) is 17.7. The summed E-state index contributed by atoms with van der Waals surface area (Å²) in [5.41, 5.74) is 4.55. The van der Waals surface area contributed by atoms with E-state index in [1.807, 2.05) is 49.4 Å². The molecule has 1 aromatic heterocycles. The van der Waals surface area contributed by atoms with E-state index in [9.17, 15) is 4.79 Å². The van der Waals surface area contributed by atoms with Crippen molar-refractivity contribution in [3.05, 3.63) is 71.4 Å². The molecule has 1 N–H and O–H groups in total. The molecule has 3 aromatic rings. The molecule has 0 aliphatic heterocycles. The summed E-state index contributed by atoms with van der Waals surface area (Å²) in [5.74, 6) is 0.507. The lowest BCUT2D eigenvalue weighted by Gasteiger charge is -2.11. The van der Waals surface area contributed by atoms with Gasteiger partial charge >= 0.3 is 0 Å². The van der Waals surface area contributed by atoms with Crippen LogP contribution >= 0.6 is 0 Å². The first-order valence-electron chi connectivity index (χ1n) is 8.63. The minimum Gasteiger partial charge on any atom is -0.494 e. The van der Waals surface area contributed by atoms with E-state index in [1.54, 1.807) is 13.2 Å². The van der Waals surface area contributed by atoms with Crippen molar-refractivity contribution in [1.29, 1.82) is 0 Å². The number of para-hydroxylation sites is 1. The Morgan fingerprint density at radius 1 is 1.19 bits per heavy atom. The maximum absolute atomic E-state index is 12.4. The lowest BCUT2D eigenvalue weighted by molar-refractivity contribution is -0.111. The monoisotopic (exact) mass is 346 g/mol. The quantitative estimate of drug-likeness (QED) is 0.677. The molecule has 0 aliphatic carbocycles. The second-order valence-corrected chi connectivity index (χ2v) is 6.09. The number of carbonyl (C=O) groups excluding carboxylic acids is 1. The molecule has 0 saturated carbocycles. The third kappa shape index (κ3) is 3.91. The Morgan fingerprint density at radius 2 is 1.96 bits per heavy atom. The normalized spacial score (nSPS) is 11.0. The van der Waals surface area contributed by atoms with E-state index in [-0.39, 0.29) is 5.91 Å². The maximum Gasteiger partial charge on any atom is 0.248 e.